The molecule has 3 aliphatic rings. The number of fused-ring (bicyclic) bond motifs is 3. The summed E-state index contributed by atoms with van der Waals surface area (Å²) in [7, 11) is 2.03. The molecule has 5 nitrogen and oxygen atoms in total. The molecule has 0 amide bonds. The van der Waals surface area contributed by atoms with Gasteiger partial charge in [-0.3, -0.25) is 9.58 Å². The summed E-state index contributed by atoms with van der Waals surface area (Å²) in [5.74, 6) is 1.38. The van der Waals surface area contributed by atoms with E-state index in [9.17, 15) is 0 Å². The number of aryl methyl sites for hydroxylation is 2. The van der Waals surface area contributed by atoms with E-state index in [1.807, 2.05) is 24.0 Å². The molecular weight excluding hydrogens is 338 g/mol. The van der Waals surface area contributed by atoms with Gasteiger partial charge in [0.15, 0.2) is 0 Å². The van der Waals surface area contributed by atoms with Gasteiger partial charge in [0.1, 0.15) is 11.4 Å². The van der Waals surface area contributed by atoms with E-state index in [-0.39, 0.29) is 17.1 Å². The number of hydrogen-bond donors (Lipinski definition) is 0. The van der Waals surface area contributed by atoms with Crippen molar-refractivity contribution in [3.8, 4) is 5.75 Å². The van der Waals surface area contributed by atoms with Crippen molar-refractivity contribution in [3.63, 3.8) is 0 Å². The smallest absolute Gasteiger partial charge is 0.125 e. The molecule has 4 heterocycles. The lowest BCUT2D eigenvalue weighted by atomic mass is 9.64. The second-order valence-corrected chi connectivity index (χ2v) is 9.33. The molecule has 144 valence electrons. The number of ether oxygens (including phenoxy) is 2. The van der Waals surface area contributed by atoms with Crippen LogP contribution in [0.5, 0.6) is 5.75 Å². The van der Waals surface area contributed by atoms with Crippen LogP contribution in [0.1, 0.15) is 43.2 Å². The van der Waals surface area contributed by atoms with Crippen molar-refractivity contribution in [2.24, 2.45) is 18.4 Å². The molecule has 5 heteroatoms. The van der Waals surface area contributed by atoms with Gasteiger partial charge in [-0.25, -0.2) is 0 Å². The molecule has 5 rings (SSSR count). The number of para-hydroxylation sites is 1. The molecule has 0 N–H and O–H groups in total. The van der Waals surface area contributed by atoms with Crippen molar-refractivity contribution in [1.29, 1.82) is 0 Å². The van der Waals surface area contributed by atoms with Crippen molar-refractivity contribution in [2.45, 2.75) is 45.4 Å². The van der Waals surface area contributed by atoms with Gasteiger partial charge < -0.3 is 9.47 Å². The third kappa shape index (κ3) is 2.71. The molecule has 0 aliphatic carbocycles. The third-order valence-corrected chi connectivity index (χ3v) is 6.84. The van der Waals surface area contributed by atoms with Crippen molar-refractivity contribution in [3.05, 3.63) is 47.3 Å². The minimum Gasteiger partial charge on any atom is -0.487 e. The Kier molecular flexibility index (Phi) is 3.72. The molecule has 2 atom stereocenters. The topological polar surface area (TPSA) is 39.5 Å². The number of benzene rings is 1. The number of likely N-dealkylation sites (tertiary alicyclic amines) is 1. The minimum absolute atomic E-state index is 0.156. The average molecular weight is 367 g/mol. The molecular formula is C22H29N3O2. The molecule has 3 aliphatic heterocycles. The highest BCUT2D eigenvalue weighted by atomic mass is 16.5. The van der Waals surface area contributed by atoms with Crippen LogP contribution in [-0.4, -0.2) is 40.0 Å². The van der Waals surface area contributed by atoms with E-state index in [1.54, 1.807) is 0 Å². The van der Waals surface area contributed by atoms with Crippen LogP contribution in [0.4, 0.5) is 0 Å². The maximum Gasteiger partial charge on any atom is 0.125 e. The first-order valence-corrected chi connectivity index (χ1v) is 9.96. The van der Waals surface area contributed by atoms with E-state index >= 15 is 0 Å². The van der Waals surface area contributed by atoms with Crippen LogP contribution in [-0.2, 0) is 18.3 Å². The fourth-order valence-corrected chi connectivity index (χ4v) is 5.35. The van der Waals surface area contributed by atoms with Crippen LogP contribution in [0.2, 0.25) is 0 Å². The lowest BCUT2D eigenvalue weighted by Gasteiger charge is -2.58. The van der Waals surface area contributed by atoms with Gasteiger partial charge in [0.05, 0.1) is 24.6 Å². The summed E-state index contributed by atoms with van der Waals surface area (Å²) in [5.41, 5.74) is 3.87. The molecule has 2 fully saturated rings. The monoisotopic (exact) mass is 367 g/mol. The zero-order chi connectivity index (χ0) is 18.8. The van der Waals surface area contributed by atoms with Crippen LogP contribution in [0.15, 0.2) is 30.5 Å². The highest BCUT2D eigenvalue weighted by molar-refractivity contribution is 5.39. The summed E-state index contributed by atoms with van der Waals surface area (Å²) in [6.07, 6.45) is 3.28. The lowest BCUT2D eigenvalue weighted by Crippen LogP contribution is -2.63. The predicted octanol–water partition coefficient (Wildman–Crippen LogP) is 3.48. The maximum absolute atomic E-state index is 6.51. The van der Waals surface area contributed by atoms with E-state index < -0.39 is 0 Å². The Labute approximate surface area is 161 Å². The van der Waals surface area contributed by atoms with E-state index in [1.165, 1.54) is 23.2 Å². The van der Waals surface area contributed by atoms with Gasteiger partial charge in [0.2, 0.25) is 0 Å². The van der Waals surface area contributed by atoms with Crippen LogP contribution in [0.3, 0.4) is 0 Å². The standard InChI is InChI=1S/C22H29N3O2/c1-15-10-23-24(4)18(15)11-25-12-22(13-25)9-17-20(26-14-22)16-7-5-6-8-19(16)27-21(17,2)3/h5-8,10,17,20H,9,11-14H2,1-4H3/t17-,20+/m0/s1. The Bertz CT molecular complexity index is 847. The number of rotatable bonds is 2. The first-order valence-electron chi connectivity index (χ1n) is 9.96. The Morgan fingerprint density at radius 2 is 2.00 bits per heavy atom. The van der Waals surface area contributed by atoms with Crippen LogP contribution >= 0.6 is 0 Å². The Morgan fingerprint density at radius 3 is 2.74 bits per heavy atom. The Morgan fingerprint density at radius 1 is 1.22 bits per heavy atom. The number of hydrogen-bond acceptors (Lipinski definition) is 4. The summed E-state index contributed by atoms with van der Waals surface area (Å²) in [5, 5.41) is 4.37. The molecule has 1 aromatic carbocycles. The normalized spacial score (nSPS) is 28.1. The summed E-state index contributed by atoms with van der Waals surface area (Å²) in [4.78, 5) is 2.53. The SMILES string of the molecule is Cc1cnn(C)c1CN1CC2(CO[C@@H]3c4ccccc4OC(C)(C)[C@H]3C2)C1. The lowest BCUT2D eigenvalue weighted by molar-refractivity contribution is -0.200. The molecule has 1 spiro atoms. The summed E-state index contributed by atoms with van der Waals surface area (Å²) in [6, 6.07) is 8.37. The summed E-state index contributed by atoms with van der Waals surface area (Å²) in [6.45, 7) is 10.6. The highest BCUT2D eigenvalue weighted by Gasteiger charge is 2.55. The van der Waals surface area contributed by atoms with Crippen LogP contribution in [0, 0.1) is 18.3 Å². The van der Waals surface area contributed by atoms with Crippen molar-refractivity contribution in [2.75, 3.05) is 19.7 Å². The first-order chi connectivity index (χ1) is 12.9. The van der Waals surface area contributed by atoms with Crippen LogP contribution < -0.4 is 4.74 Å². The molecule has 0 bridgehead atoms. The van der Waals surface area contributed by atoms with E-state index in [0.717, 1.165) is 32.0 Å². The van der Waals surface area contributed by atoms with Crippen molar-refractivity contribution in [1.82, 2.24) is 14.7 Å². The molecule has 27 heavy (non-hydrogen) atoms. The second-order valence-electron chi connectivity index (χ2n) is 9.33. The van der Waals surface area contributed by atoms with Gasteiger partial charge in [0.25, 0.3) is 0 Å². The Hall–Kier alpha value is -1.85. The van der Waals surface area contributed by atoms with Crippen molar-refractivity contribution >= 4 is 0 Å². The number of nitrogens with zero attached hydrogens (tertiary/aromatic N) is 3. The quantitative estimate of drug-likeness (QED) is 0.815. The summed E-state index contributed by atoms with van der Waals surface area (Å²) >= 11 is 0. The van der Waals surface area contributed by atoms with Gasteiger partial charge in [-0.05, 0) is 38.8 Å². The summed E-state index contributed by atoms with van der Waals surface area (Å²) < 4.78 is 14.9. The van der Waals surface area contributed by atoms with Gasteiger partial charge in [-0.15, -0.1) is 0 Å². The van der Waals surface area contributed by atoms with E-state index in [0.29, 0.717) is 5.92 Å². The maximum atomic E-state index is 6.51. The van der Waals surface area contributed by atoms with Crippen molar-refractivity contribution < 1.29 is 9.47 Å². The zero-order valence-corrected chi connectivity index (χ0v) is 16.7. The van der Waals surface area contributed by atoms with E-state index in [2.05, 4.69) is 49.0 Å². The highest BCUT2D eigenvalue weighted by Crippen LogP contribution is 2.55. The van der Waals surface area contributed by atoms with E-state index in [4.69, 9.17) is 9.47 Å². The number of aromatic nitrogens is 2. The molecule has 2 aromatic rings. The predicted molar refractivity (Wildman–Crippen MR) is 104 cm³/mol. The molecule has 2 saturated heterocycles. The zero-order valence-electron chi connectivity index (χ0n) is 16.7. The second kappa shape index (κ2) is 5.82. The first kappa shape index (κ1) is 17.3. The van der Waals surface area contributed by atoms with Gasteiger partial charge in [-0.1, -0.05) is 18.2 Å². The molecule has 0 saturated carbocycles. The fraction of sp³-hybridized carbons (Fsp3) is 0.591. The third-order valence-electron chi connectivity index (χ3n) is 6.84. The Balaban J connectivity index is 1.32. The van der Waals surface area contributed by atoms with Gasteiger partial charge in [0, 0.05) is 43.6 Å². The molecule has 0 unspecified atom stereocenters. The average Bonchev–Trinajstić information content (AvgIpc) is 2.92. The molecule has 0 radical (unpaired) electrons. The molecule has 1 aromatic heterocycles. The van der Waals surface area contributed by atoms with Crippen LogP contribution in [0.25, 0.3) is 0 Å². The minimum atomic E-state index is -0.203. The van der Waals surface area contributed by atoms with Gasteiger partial charge in [-0.2, -0.15) is 5.10 Å². The fourth-order valence-electron chi connectivity index (χ4n) is 5.35. The largest absolute Gasteiger partial charge is 0.487 e. The van der Waals surface area contributed by atoms with Gasteiger partial charge >= 0.3 is 0 Å².